The number of hydrogen-bond donors (Lipinski definition) is 0. The molecule has 1 fully saturated rings. The fourth-order valence-corrected chi connectivity index (χ4v) is 2.78. The zero-order valence-corrected chi connectivity index (χ0v) is 11.7. The molecule has 1 aromatic heterocycles. The van der Waals surface area contributed by atoms with Crippen molar-refractivity contribution in [1.29, 1.82) is 0 Å². The molecule has 0 saturated heterocycles. The highest BCUT2D eigenvalue weighted by Crippen LogP contribution is 2.33. The largest absolute Gasteiger partial charge is 0.448 e. The summed E-state index contributed by atoms with van der Waals surface area (Å²) < 4.78 is 6.65. The second-order valence-electron chi connectivity index (χ2n) is 4.76. The van der Waals surface area contributed by atoms with Crippen LogP contribution in [0.1, 0.15) is 31.4 Å². The second-order valence-corrected chi connectivity index (χ2v) is 5.68. The molecule has 1 aromatic carbocycles. The van der Waals surface area contributed by atoms with E-state index in [-0.39, 0.29) is 0 Å². The summed E-state index contributed by atoms with van der Waals surface area (Å²) in [5.41, 5.74) is 2.11. The quantitative estimate of drug-likeness (QED) is 0.814. The zero-order valence-electron chi connectivity index (χ0n) is 10.2. The van der Waals surface area contributed by atoms with Crippen molar-refractivity contribution in [3.05, 3.63) is 46.8 Å². The molecule has 0 spiro atoms. The van der Waals surface area contributed by atoms with Gasteiger partial charge in [0.1, 0.15) is 11.5 Å². The van der Waals surface area contributed by atoms with Crippen LogP contribution in [0.25, 0.3) is 11.3 Å². The van der Waals surface area contributed by atoms with E-state index in [0.29, 0.717) is 0 Å². The van der Waals surface area contributed by atoms with Gasteiger partial charge in [-0.25, -0.2) is 4.98 Å². The van der Waals surface area contributed by atoms with Crippen molar-refractivity contribution >= 4 is 15.9 Å². The Kier molecular flexibility index (Phi) is 3.50. The van der Waals surface area contributed by atoms with Crippen LogP contribution in [0.2, 0.25) is 0 Å². The predicted octanol–water partition coefficient (Wildman–Crippen LogP) is 4.80. The molecule has 18 heavy (non-hydrogen) atoms. The molecule has 0 aliphatic heterocycles. The van der Waals surface area contributed by atoms with Crippen molar-refractivity contribution in [3.63, 3.8) is 0 Å². The molecule has 2 aromatic rings. The van der Waals surface area contributed by atoms with E-state index in [2.05, 4.69) is 33.0 Å². The Morgan fingerprint density at radius 1 is 1.11 bits per heavy atom. The Morgan fingerprint density at radius 2 is 1.83 bits per heavy atom. The number of nitrogens with zero attached hydrogens (tertiary/aromatic N) is 1. The zero-order chi connectivity index (χ0) is 12.4. The lowest BCUT2D eigenvalue weighted by Crippen LogP contribution is -1.96. The third kappa shape index (κ3) is 2.51. The summed E-state index contributed by atoms with van der Waals surface area (Å²) in [6.07, 6.45) is 7.67. The molecule has 2 nitrogen and oxygen atoms in total. The fraction of sp³-hybridized carbons (Fsp3) is 0.333. The highest BCUT2D eigenvalue weighted by atomic mass is 79.9. The molecular formula is C15H15BrNO. The summed E-state index contributed by atoms with van der Waals surface area (Å²) in [6, 6.07) is 8.22. The Balaban J connectivity index is 1.84. The molecule has 1 aliphatic rings. The minimum atomic E-state index is 0.950. The van der Waals surface area contributed by atoms with Crippen LogP contribution < -0.4 is 0 Å². The van der Waals surface area contributed by atoms with Gasteiger partial charge in [0.25, 0.3) is 0 Å². The van der Waals surface area contributed by atoms with Crippen LogP contribution in [-0.4, -0.2) is 4.98 Å². The number of aromatic nitrogens is 1. The van der Waals surface area contributed by atoms with Crippen LogP contribution in [0.3, 0.4) is 0 Å². The molecule has 1 radical (unpaired) electrons. The number of oxazole rings is 1. The molecule has 93 valence electrons. The molecule has 0 N–H and O–H groups in total. The maximum absolute atomic E-state index is 5.57. The van der Waals surface area contributed by atoms with E-state index >= 15 is 0 Å². The first-order valence-electron chi connectivity index (χ1n) is 6.35. The van der Waals surface area contributed by atoms with E-state index in [1.165, 1.54) is 25.7 Å². The van der Waals surface area contributed by atoms with Gasteiger partial charge in [-0.3, -0.25) is 0 Å². The molecule has 0 unspecified atom stereocenters. The number of benzene rings is 1. The van der Waals surface area contributed by atoms with Crippen molar-refractivity contribution in [2.24, 2.45) is 0 Å². The van der Waals surface area contributed by atoms with Crippen LogP contribution in [0.4, 0.5) is 0 Å². The Labute approximate surface area is 116 Å². The van der Waals surface area contributed by atoms with Gasteiger partial charge in [-0.1, -0.05) is 40.9 Å². The molecule has 0 bridgehead atoms. The second kappa shape index (κ2) is 5.27. The smallest absolute Gasteiger partial charge is 0.181 e. The lowest BCUT2D eigenvalue weighted by atomic mass is 9.99. The van der Waals surface area contributed by atoms with Gasteiger partial charge in [0.15, 0.2) is 6.39 Å². The summed E-state index contributed by atoms with van der Waals surface area (Å²) in [5, 5.41) is 0. The highest BCUT2D eigenvalue weighted by Gasteiger charge is 2.20. The topological polar surface area (TPSA) is 26.0 Å². The first-order valence-corrected chi connectivity index (χ1v) is 7.14. The van der Waals surface area contributed by atoms with Gasteiger partial charge in [-0.05, 0) is 30.9 Å². The Hall–Kier alpha value is -1.09. The molecule has 3 heteroatoms. The van der Waals surface area contributed by atoms with Crippen LogP contribution in [0.15, 0.2) is 39.5 Å². The minimum Gasteiger partial charge on any atom is -0.448 e. The fourth-order valence-electron chi connectivity index (χ4n) is 2.52. The predicted molar refractivity (Wildman–Crippen MR) is 75.1 cm³/mol. The van der Waals surface area contributed by atoms with Crippen LogP contribution in [-0.2, 0) is 6.42 Å². The Bertz CT molecular complexity index is 512. The van der Waals surface area contributed by atoms with Gasteiger partial charge in [0.05, 0.1) is 0 Å². The highest BCUT2D eigenvalue weighted by molar-refractivity contribution is 9.10. The standard InChI is InChI=1S/C15H15BrNO/c16-13-7-5-12(6-8-13)15-14(18-10-17-15)9-11-3-1-2-4-11/h5-8,10H,1-4,9H2. The number of hydrogen-bond acceptors (Lipinski definition) is 2. The van der Waals surface area contributed by atoms with Crippen LogP contribution >= 0.6 is 15.9 Å². The van der Waals surface area contributed by atoms with Crippen molar-refractivity contribution in [2.75, 3.05) is 0 Å². The minimum absolute atomic E-state index is 0.950. The summed E-state index contributed by atoms with van der Waals surface area (Å²) in [6.45, 7) is 0. The monoisotopic (exact) mass is 304 g/mol. The van der Waals surface area contributed by atoms with E-state index in [0.717, 1.165) is 27.9 Å². The van der Waals surface area contributed by atoms with Crippen LogP contribution in [0.5, 0.6) is 0 Å². The summed E-state index contributed by atoms with van der Waals surface area (Å²) in [5.74, 6) is 2.61. The molecule has 1 aliphatic carbocycles. The lowest BCUT2D eigenvalue weighted by Gasteiger charge is -2.07. The molecular weight excluding hydrogens is 290 g/mol. The molecule has 1 heterocycles. The molecule has 0 atom stereocenters. The summed E-state index contributed by atoms with van der Waals surface area (Å²) in [4.78, 5) is 4.36. The molecule has 1 saturated carbocycles. The average molecular weight is 305 g/mol. The van der Waals surface area contributed by atoms with Crippen molar-refractivity contribution in [1.82, 2.24) is 4.98 Å². The SMILES string of the molecule is Brc1ccc(-c2ncoc2C[C]2CCCC2)cc1. The van der Waals surface area contributed by atoms with E-state index in [4.69, 9.17) is 4.42 Å². The van der Waals surface area contributed by atoms with Gasteiger partial charge < -0.3 is 4.42 Å². The van der Waals surface area contributed by atoms with Crippen molar-refractivity contribution in [3.8, 4) is 11.3 Å². The van der Waals surface area contributed by atoms with E-state index in [9.17, 15) is 0 Å². The van der Waals surface area contributed by atoms with Gasteiger partial charge in [-0.2, -0.15) is 0 Å². The maximum Gasteiger partial charge on any atom is 0.181 e. The van der Waals surface area contributed by atoms with Gasteiger partial charge >= 0.3 is 0 Å². The normalized spacial score (nSPS) is 16.3. The lowest BCUT2D eigenvalue weighted by molar-refractivity contribution is 0.503. The Morgan fingerprint density at radius 3 is 2.56 bits per heavy atom. The molecule has 3 rings (SSSR count). The van der Waals surface area contributed by atoms with Gasteiger partial charge in [-0.15, -0.1) is 0 Å². The van der Waals surface area contributed by atoms with E-state index in [1.807, 2.05) is 12.1 Å². The van der Waals surface area contributed by atoms with Gasteiger partial charge in [0.2, 0.25) is 0 Å². The van der Waals surface area contributed by atoms with Gasteiger partial charge in [0, 0.05) is 16.5 Å². The van der Waals surface area contributed by atoms with Crippen molar-refractivity contribution < 1.29 is 4.42 Å². The number of rotatable bonds is 3. The summed E-state index contributed by atoms with van der Waals surface area (Å²) >= 11 is 3.45. The number of halogens is 1. The third-order valence-corrected chi connectivity index (χ3v) is 4.01. The molecule has 0 amide bonds. The maximum atomic E-state index is 5.57. The van der Waals surface area contributed by atoms with E-state index in [1.54, 1.807) is 12.3 Å². The first-order chi connectivity index (χ1) is 8.83. The summed E-state index contributed by atoms with van der Waals surface area (Å²) in [7, 11) is 0. The first kappa shape index (κ1) is 12.0. The third-order valence-electron chi connectivity index (χ3n) is 3.48. The average Bonchev–Trinajstić information content (AvgIpc) is 3.02. The van der Waals surface area contributed by atoms with Crippen LogP contribution in [0, 0.1) is 5.92 Å². The van der Waals surface area contributed by atoms with E-state index < -0.39 is 0 Å². The van der Waals surface area contributed by atoms with Crippen molar-refractivity contribution in [2.45, 2.75) is 32.1 Å².